The highest BCUT2D eigenvalue weighted by molar-refractivity contribution is 6.09. The Bertz CT molecular complexity index is 1400. The molecule has 0 saturated heterocycles. The maximum atomic E-state index is 13.6. The second-order valence-corrected chi connectivity index (χ2v) is 10.4. The molecule has 5 rings (SSSR count). The number of carbonyl (C=O) groups is 2. The van der Waals surface area contributed by atoms with Gasteiger partial charge in [-0.1, -0.05) is 0 Å². The number of halogens is 3. The minimum absolute atomic E-state index is 0.162. The fourth-order valence-corrected chi connectivity index (χ4v) is 4.94. The summed E-state index contributed by atoms with van der Waals surface area (Å²) >= 11 is 0. The fourth-order valence-electron chi connectivity index (χ4n) is 4.94. The lowest BCUT2D eigenvalue weighted by Gasteiger charge is -2.16. The standard InChI is InChI=1S/C27H30F3N5O4/c1-13-21(26(38)35-18-7-6-17(10-18)34-25(37)14(2)36)23-24(33-13)22(31-12-32-23)19-9-16(27(28,29)30)5-8-20(19)39-11-15-3-4-15/h5,8-9,12,14-15,17-18,33,36H,3-4,6-7,10-11H2,1-2H3,(H,34,37)(H,35,38)/t14-,17?,18?/m0/s1. The Morgan fingerprint density at radius 3 is 2.54 bits per heavy atom. The zero-order chi connectivity index (χ0) is 27.9. The molecule has 2 amide bonds. The molecule has 2 aromatic heterocycles. The third kappa shape index (κ3) is 5.85. The number of aromatic amines is 1. The van der Waals surface area contributed by atoms with Gasteiger partial charge >= 0.3 is 6.18 Å². The van der Waals surface area contributed by atoms with E-state index in [1.54, 1.807) is 6.92 Å². The Hall–Kier alpha value is -3.67. The second-order valence-electron chi connectivity index (χ2n) is 10.4. The smallest absolute Gasteiger partial charge is 0.416 e. The molecule has 4 N–H and O–H groups in total. The van der Waals surface area contributed by atoms with E-state index < -0.39 is 23.8 Å². The molecule has 0 bridgehead atoms. The molecule has 0 aliphatic heterocycles. The number of ether oxygens (including phenoxy) is 1. The lowest BCUT2D eigenvalue weighted by Crippen LogP contribution is -2.40. The topological polar surface area (TPSA) is 129 Å². The SMILES string of the molecule is Cc1[nH]c2c(-c3cc(C(F)(F)F)ccc3OCC3CC3)ncnc2c1C(=O)NC1CCC(NC(=O)[C@H](C)O)C1. The second kappa shape index (κ2) is 10.5. The van der Waals surface area contributed by atoms with Crippen LogP contribution < -0.4 is 15.4 Å². The van der Waals surface area contributed by atoms with Gasteiger partial charge in [0.15, 0.2) is 0 Å². The number of carbonyl (C=O) groups excluding carboxylic acids is 2. The number of aliphatic hydroxyl groups excluding tert-OH is 1. The summed E-state index contributed by atoms with van der Waals surface area (Å²) in [5.41, 5.74) is 0.940. The molecule has 1 aromatic carbocycles. The van der Waals surface area contributed by atoms with Crippen molar-refractivity contribution in [2.24, 2.45) is 5.92 Å². The van der Waals surface area contributed by atoms with Gasteiger partial charge in [0.2, 0.25) is 5.91 Å². The highest BCUT2D eigenvalue weighted by atomic mass is 19.4. The first-order chi connectivity index (χ1) is 18.5. The third-order valence-corrected chi connectivity index (χ3v) is 7.23. The minimum Gasteiger partial charge on any atom is -0.493 e. The van der Waals surface area contributed by atoms with Gasteiger partial charge in [-0.05, 0) is 70.1 Å². The van der Waals surface area contributed by atoms with Gasteiger partial charge in [0, 0.05) is 23.3 Å². The van der Waals surface area contributed by atoms with Crippen LogP contribution >= 0.6 is 0 Å². The Kier molecular flexibility index (Phi) is 7.23. The lowest BCUT2D eigenvalue weighted by atomic mass is 10.0. The zero-order valence-corrected chi connectivity index (χ0v) is 21.6. The van der Waals surface area contributed by atoms with E-state index in [2.05, 4.69) is 25.6 Å². The van der Waals surface area contributed by atoms with Crippen molar-refractivity contribution in [3.05, 3.63) is 41.3 Å². The maximum absolute atomic E-state index is 13.6. The minimum atomic E-state index is -4.56. The summed E-state index contributed by atoms with van der Waals surface area (Å²) in [5, 5.41) is 15.2. The van der Waals surface area contributed by atoms with Crippen molar-refractivity contribution < 1.29 is 32.6 Å². The van der Waals surface area contributed by atoms with E-state index in [-0.39, 0.29) is 46.1 Å². The number of hydrogen-bond acceptors (Lipinski definition) is 6. The van der Waals surface area contributed by atoms with Crippen LogP contribution in [0.4, 0.5) is 13.2 Å². The monoisotopic (exact) mass is 545 g/mol. The van der Waals surface area contributed by atoms with Crippen LogP contribution in [0.3, 0.4) is 0 Å². The van der Waals surface area contributed by atoms with E-state index in [0.29, 0.717) is 43.0 Å². The fraction of sp³-hybridized carbons (Fsp3) is 0.481. The summed E-state index contributed by atoms with van der Waals surface area (Å²) in [4.78, 5) is 36.8. The number of fused-ring (bicyclic) bond motifs is 1. The molecule has 2 saturated carbocycles. The quantitative estimate of drug-likeness (QED) is 0.340. The van der Waals surface area contributed by atoms with Crippen LogP contribution in [0.15, 0.2) is 24.5 Å². The van der Waals surface area contributed by atoms with Crippen LogP contribution in [0.25, 0.3) is 22.3 Å². The number of alkyl halides is 3. The van der Waals surface area contributed by atoms with Gasteiger partial charge in [-0.2, -0.15) is 13.2 Å². The molecule has 2 aliphatic rings. The molecule has 208 valence electrons. The van der Waals surface area contributed by atoms with Crippen molar-refractivity contribution in [3.63, 3.8) is 0 Å². The van der Waals surface area contributed by atoms with Crippen molar-refractivity contribution in [3.8, 4) is 17.0 Å². The molecular formula is C27H30F3N5O4. The maximum Gasteiger partial charge on any atom is 0.416 e. The molecule has 9 nitrogen and oxygen atoms in total. The van der Waals surface area contributed by atoms with Gasteiger partial charge in [0.1, 0.15) is 29.4 Å². The number of hydrogen-bond donors (Lipinski definition) is 4. The van der Waals surface area contributed by atoms with Crippen molar-refractivity contribution in [1.29, 1.82) is 0 Å². The van der Waals surface area contributed by atoms with Gasteiger partial charge in [-0.3, -0.25) is 9.59 Å². The Balaban J connectivity index is 1.43. The zero-order valence-electron chi connectivity index (χ0n) is 21.6. The van der Waals surface area contributed by atoms with E-state index in [0.717, 1.165) is 25.0 Å². The molecule has 0 radical (unpaired) electrons. The number of aryl methyl sites for hydroxylation is 1. The Morgan fingerprint density at radius 2 is 1.87 bits per heavy atom. The van der Waals surface area contributed by atoms with Crippen LogP contribution in [-0.4, -0.2) is 56.7 Å². The van der Waals surface area contributed by atoms with Crippen molar-refractivity contribution in [2.75, 3.05) is 6.61 Å². The summed E-state index contributed by atoms with van der Waals surface area (Å²) in [6.45, 7) is 3.49. The van der Waals surface area contributed by atoms with E-state index in [4.69, 9.17) is 4.74 Å². The summed E-state index contributed by atoms with van der Waals surface area (Å²) in [6, 6.07) is 2.95. The van der Waals surface area contributed by atoms with Crippen LogP contribution in [0.1, 0.15) is 60.6 Å². The summed E-state index contributed by atoms with van der Waals surface area (Å²) in [6.07, 6.45) is -0.584. The first kappa shape index (κ1) is 26.9. The molecular weight excluding hydrogens is 515 g/mol. The number of nitrogens with one attached hydrogen (secondary N) is 3. The highest BCUT2D eigenvalue weighted by Crippen LogP contribution is 2.40. The number of aliphatic hydroxyl groups is 1. The van der Waals surface area contributed by atoms with Crippen LogP contribution in [0.5, 0.6) is 5.75 Å². The van der Waals surface area contributed by atoms with Gasteiger partial charge < -0.3 is 25.5 Å². The number of rotatable bonds is 8. The highest BCUT2D eigenvalue weighted by Gasteiger charge is 2.33. The van der Waals surface area contributed by atoms with Crippen molar-refractivity contribution >= 4 is 22.8 Å². The number of amides is 2. The molecule has 2 aliphatic carbocycles. The van der Waals surface area contributed by atoms with Gasteiger partial charge in [0.05, 0.1) is 23.3 Å². The van der Waals surface area contributed by atoms with E-state index in [1.807, 2.05) is 0 Å². The predicted molar refractivity (Wildman–Crippen MR) is 136 cm³/mol. The van der Waals surface area contributed by atoms with Crippen LogP contribution in [-0.2, 0) is 11.0 Å². The average molecular weight is 546 g/mol. The molecule has 3 atom stereocenters. The van der Waals surface area contributed by atoms with Crippen molar-refractivity contribution in [2.45, 2.75) is 70.3 Å². The molecule has 2 heterocycles. The van der Waals surface area contributed by atoms with Gasteiger partial charge in [-0.25, -0.2) is 9.97 Å². The Morgan fingerprint density at radius 1 is 1.15 bits per heavy atom. The Labute approximate surface area is 222 Å². The lowest BCUT2D eigenvalue weighted by molar-refractivity contribution is -0.137. The molecule has 39 heavy (non-hydrogen) atoms. The first-order valence-electron chi connectivity index (χ1n) is 13.0. The average Bonchev–Trinajstić information content (AvgIpc) is 3.50. The predicted octanol–water partition coefficient (Wildman–Crippen LogP) is 3.89. The largest absolute Gasteiger partial charge is 0.493 e. The normalized spacial score (nSPS) is 20.2. The van der Waals surface area contributed by atoms with E-state index in [1.165, 1.54) is 19.3 Å². The van der Waals surface area contributed by atoms with Crippen LogP contribution in [0.2, 0.25) is 0 Å². The molecule has 3 aromatic rings. The summed E-state index contributed by atoms with van der Waals surface area (Å²) in [5.74, 6) is -0.169. The van der Waals surface area contributed by atoms with Crippen molar-refractivity contribution in [1.82, 2.24) is 25.6 Å². The number of nitrogens with zero attached hydrogens (tertiary/aromatic N) is 2. The molecule has 12 heteroatoms. The van der Waals surface area contributed by atoms with E-state index >= 15 is 0 Å². The van der Waals surface area contributed by atoms with Crippen LogP contribution in [0, 0.1) is 12.8 Å². The molecule has 0 spiro atoms. The van der Waals surface area contributed by atoms with Gasteiger partial charge in [-0.15, -0.1) is 0 Å². The summed E-state index contributed by atoms with van der Waals surface area (Å²) in [7, 11) is 0. The molecule has 2 fully saturated rings. The first-order valence-corrected chi connectivity index (χ1v) is 13.0. The number of benzene rings is 1. The number of aromatic nitrogens is 3. The van der Waals surface area contributed by atoms with Gasteiger partial charge in [0.25, 0.3) is 5.91 Å². The molecule has 2 unspecified atom stereocenters. The number of H-pyrrole nitrogens is 1. The summed E-state index contributed by atoms with van der Waals surface area (Å²) < 4.78 is 46.7. The van der Waals surface area contributed by atoms with E-state index in [9.17, 15) is 27.9 Å². The third-order valence-electron chi connectivity index (χ3n) is 7.23.